The van der Waals surface area contributed by atoms with Gasteiger partial charge in [0.15, 0.2) is 6.10 Å². The van der Waals surface area contributed by atoms with Crippen molar-refractivity contribution in [3.8, 4) is 17.2 Å². The minimum atomic E-state index is -0.951. The van der Waals surface area contributed by atoms with Crippen LogP contribution in [0.15, 0.2) is 42.5 Å². The number of rotatable bonds is 8. The van der Waals surface area contributed by atoms with E-state index in [4.69, 9.17) is 18.9 Å². The van der Waals surface area contributed by atoms with Crippen LogP contribution < -0.4 is 19.5 Å². The van der Waals surface area contributed by atoms with E-state index in [1.807, 2.05) is 12.1 Å². The zero-order valence-corrected chi connectivity index (χ0v) is 15.8. The Labute approximate surface area is 158 Å². The summed E-state index contributed by atoms with van der Waals surface area (Å²) in [6, 6.07) is 12.0. The highest BCUT2D eigenvalue weighted by Gasteiger charge is 2.20. The lowest BCUT2D eigenvalue weighted by molar-refractivity contribution is -0.129. The molecular weight excluding hydrogens is 350 g/mol. The van der Waals surface area contributed by atoms with Crippen LogP contribution in [0.25, 0.3) is 0 Å². The summed E-state index contributed by atoms with van der Waals surface area (Å²) in [6.45, 7) is 1.83. The van der Waals surface area contributed by atoms with Gasteiger partial charge < -0.3 is 24.3 Å². The second-order valence-corrected chi connectivity index (χ2v) is 5.71. The summed E-state index contributed by atoms with van der Waals surface area (Å²) in [5.41, 5.74) is 1.14. The summed E-state index contributed by atoms with van der Waals surface area (Å²) < 4.78 is 20.6. The molecule has 0 aliphatic rings. The lowest BCUT2D eigenvalue weighted by Gasteiger charge is -2.14. The molecule has 0 spiro atoms. The minimum absolute atomic E-state index is 0.237. The topological polar surface area (TPSA) is 83.1 Å². The molecule has 1 atom stereocenters. The van der Waals surface area contributed by atoms with Gasteiger partial charge in [-0.1, -0.05) is 12.1 Å². The van der Waals surface area contributed by atoms with E-state index in [-0.39, 0.29) is 5.56 Å². The lowest BCUT2D eigenvalue weighted by Crippen LogP contribution is -2.35. The van der Waals surface area contributed by atoms with Crippen LogP contribution in [0.2, 0.25) is 0 Å². The average Bonchev–Trinajstić information content (AvgIpc) is 2.71. The molecule has 0 bridgehead atoms. The van der Waals surface area contributed by atoms with Gasteiger partial charge in [-0.25, -0.2) is 4.79 Å². The third-order valence-corrected chi connectivity index (χ3v) is 3.87. The monoisotopic (exact) mass is 373 g/mol. The van der Waals surface area contributed by atoms with E-state index in [0.29, 0.717) is 18.0 Å². The Kier molecular flexibility index (Phi) is 7.05. The molecule has 0 aromatic heterocycles. The van der Waals surface area contributed by atoms with E-state index in [1.54, 1.807) is 25.3 Å². The Balaban J connectivity index is 1.93. The molecule has 7 nitrogen and oxygen atoms in total. The van der Waals surface area contributed by atoms with Crippen LogP contribution in [0.1, 0.15) is 22.8 Å². The smallest absolute Gasteiger partial charge is 0.339 e. The van der Waals surface area contributed by atoms with Crippen molar-refractivity contribution in [3.63, 3.8) is 0 Å². The van der Waals surface area contributed by atoms with E-state index in [2.05, 4.69) is 5.32 Å². The first-order valence-corrected chi connectivity index (χ1v) is 8.31. The van der Waals surface area contributed by atoms with Crippen molar-refractivity contribution in [1.82, 2.24) is 5.32 Å². The molecule has 2 rings (SSSR count). The van der Waals surface area contributed by atoms with Gasteiger partial charge >= 0.3 is 5.97 Å². The molecule has 2 aromatic carbocycles. The summed E-state index contributed by atoms with van der Waals surface area (Å²) in [4.78, 5) is 24.5. The summed E-state index contributed by atoms with van der Waals surface area (Å²) >= 11 is 0. The highest BCUT2D eigenvalue weighted by Crippen LogP contribution is 2.23. The highest BCUT2D eigenvalue weighted by atomic mass is 16.5. The fraction of sp³-hybridized carbons (Fsp3) is 0.300. The van der Waals surface area contributed by atoms with Crippen molar-refractivity contribution >= 4 is 11.9 Å². The quantitative estimate of drug-likeness (QED) is 0.716. The summed E-state index contributed by atoms with van der Waals surface area (Å²) in [5, 5.41) is 2.73. The van der Waals surface area contributed by atoms with Crippen molar-refractivity contribution in [3.05, 3.63) is 53.6 Å². The summed E-state index contributed by atoms with van der Waals surface area (Å²) in [5.74, 6) is 0.616. The average molecular weight is 373 g/mol. The van der Waals surface area contributed by atoms with Gasteiger partial charge in [0.2, 0.25) is 0 Å². The van der Waals surface area contributed by atoms with E-state index in [1.165, 1.54) is 33.3 Å². The number of hydrogen-bond donors (Lipinski definition) is 1. The van der Waals surface area contributed by atoms with Gasteiger partial charge in [-0.2, -0.15) is 0 Å². The fourth-order valence-corrected chi connectivity index (χ4v) is 2.28. The lowest BCUT2D eigenvalue weighted by atomic mass is 10.2. The maximum Gasteiger partial charge on any atom is 0.339 e. The highest BCUT2D eigenvalue weighted by molar-refractivity contribution is 5.93. The molecule has 0 heterocycles. The number of benzene rings is 2. The van der Waals surface area contributed by atoms with Gasteiger partial charge in [-0.3, -0.25) is 4.79 Å². The van der Waals surface area contributed by atoms with Crippen molar-refractivity contribution in [2.24, 2.45) is 0 Å². The van der Waals surface area contributed by atoms with Crippen LogP contribution in [-0.4, -0.2) is 39.3 Å². The van der Waals surface area contributed by atoms with Crippen LogP contribution in [0.4, 0.5) is 0 Å². The largest absolute Gasteiger partial charge is 0.497 e. The Morgan fingerprint density at radius 1 is 0.889 bits per heavy atom. The number of carbonyl (C=O) groups is 2. The third-order valence-electron chi connectivity index (χ3n) is 3.87. The first-order valence-electron chi connectivity index (χ1n) is 8.31. The molecular formula is C20H23NO6. The number of methoxy groups -OCH3 is 3. The Bertz CT molecular complexity index is 765. The van der Waals surface area contributed by atoms with Crippen LogP contribution in [-0.2, 0) is 16.1 Å². The Hall–Kier alpha value is -3.22. The molecule has 0 radical (unpaired) electrons. The number of nitrogens with one attached hydrogen (secondary N) is 1. The zero-order valence-electron chi connectivity index (χ0n) is 15.8. The van der Waals surface area contributed by atoms with Crippen molar-refractivity contribution < 1.29 is 28.5 Å². The van der Waals surface area contributed by atoms with Gasteiger partial charge in [0.25, 0.3) is 5.91 Å². The van der Waals surface area contributed by atoms with Crippen molar-refractivity contribution in [1.29, 1.82) is 0 Å². The normalized spacial score (nSPS) is 11.3. The third kappa shape index (κ3) is 5.64. The molecule has 1 N–H and O–H groups in total. The number of ether oxygens (including phenoxy) is 4. The summed E-state index contributed by atoms with van der Waals surface area (Å²) in [7, 11) is 4.56. The number of carbonyl (C=O) groups excluding carboxylic acids is 2. The first-order chi connectivity index (χ1) is 13.0. The molecule has 1 amide bonds. The van der Waals surface area contributed by atoms with Gasteiger partial charge in [0.05, 0.1) is 26.9 Å². The van der Waals surface area contributed by atoms with Crippen LogP contribution in [0.3, 0.4) is 0 Å². The predicted molar refractivity (Wildman–Crippen MR) is 99.3 cm³/mol. The Morgan fingerprint density at radius 2 is 1.44 bits per heavy atom. The molecule has 0 unspecified atom stereocenters. The maximum atomic E-state index is 12.3. The van der Waals surface area contributed by atoms with Gasteiger partial charge in [0, 0.05) is 12.6 Å². The molecule has 2 aromatic rings. The molecule has 0 saturated carbocycles. The summed E-state index contributed by atoms with van der Waals surface area (Å²) in [6.07, 6.45) is -0.951. The van der Waals surface area contributed by atoms with Crippen LogP contribution in [0, 0.1) is 0 Å². The van der Waals surface area contributed by atoms with E-state index in [9.17, 15) is 9.59 Å². The second-order valence-electron chi connectivity index (χ2n) is 5.71. The Morgan fingerprint density at radius 3 is 1.96 bits per heavy atom. The van der Waals surface area contributed by atoms with E-state index in [0.717, 1.165) is 11.3 Å². The van der Waals surface area contributed by atoms with Gasteiger partial charge in [0.1, 0.15) is 17.2 Å². The zero-order chi connectivity index (χ0) is 19.8. The molecule has 144 valence electrons. The molecule has 7 heteroatoms. The van der Waals surface area contributed by atoms with E-state index >= 15 is 0 Å². The number of hydrogen-bond acceptors (Lipinski definition) is 6. The molecule has 0 saturated heterocycles. The fourth-order valence-electron chi connectivity index (χ4n) is 2.28. The van der Waals surface area contributed by atoms with Crippen molar-refractivity contribution in [2.75, 3.05) is 21.3 Å². The first kappa shape index (κ1) is 20.1. The minimum Gasteiger partial charge on any atom is -0.497 e. The van der Waals surface area contributed by atoms with Crippen molar-refractivity contribution in [2.45, 2.75) is 19.6 Å². The van der Waals surface area contributed by atoms with Gasteiger partial charge in [-0.05, 0) is 36.8 Å². The van der Waals surface area contributed by atoms with E-state index < -0.39 is 18.0 Å². The molecule has 0 aliphatic carbocycles. The molecule has 0 aliphatic heterocycles. The van der Waals surface area contributed by atoms with Crippen LogP contribution >= 0.6 is 0 Å². The molecule has 0 fully saturated rings. The van der Waals surface area contributed by atoms with Gasteiger partial charge in [-0.15, -0.1) is 0 Å². The second kappa shape index (κ2) is 9.47. The van der Waals surface area contributed by atoms with Crippen LogP contribution in [0.5, 0.6) is 17.2 Å². The SMILES string of the molecule is COc1ccc(CNC(=O)[C@@H](C)OC(=O)c2cc(OC)cc(OC)c2)cc1. The number of amides is 1. The standard InChI is InChI=1S/C20H23NO6/c1-13(19(22)21-12-14-5-7-16(24-2)8-6-14)27-20(23)15-9-17(25-3)11-18(10-15)26-4/h5-11,13H,12H2,1-4H3,(H,21,22)/t13-/m1/s1. The number of esters is 1. The maximum absolute atomic E-state index is 12.3. The predicted octanol–water partition coefficient (Wildman–Crippen LogP) is 2.57. The molecule has 27 heavy (non-hydrogen) atoms.